The van der Waals surface area contributed by atoms with Crippen molar-refractivity contribution >= 4 is 0 Å². The maximum atomic E-state index is 5.67. The standard InChI is InChI=1S/C23H36N2O2/c1-3-27-21-11-10-18(14-22(21)26-2)15-24-16-19-8-7-9-20(17-24)23(19)25-12-5-4-6-13-25/h10-11,14,19-20,23H,3-9,12-13,15-17H2,1-2H3. The molecule has 0 radical (unpaired) electrons. The van der Waals surface area contributed by atoms with E-state index in [1.807, 2.05) is 6.92 Å². The molecule has 0 N–H and O–H groups in total. The Kier molecular flexibility index (Phi) is 6.24. The molecule has 2 aliphatic heterocycles. The third kappa shape index (κ3) is 4.27. The van der Waals surface area contributed by atoms with Gasteiger partial charge in [-0.15, -0.1) is 0 Å². The Morgan fingerprint density at radius 1 is 0.963 bits per heavy atom. The molecule has 2 bridgehead atoms. The molecule has 0 aromatic heterocycles. The molecule has 0 spiro atoms. The first-order valence-corrected chi connectivity index (χ1v) is 11.0. The lowest BCUT2D eigenvalue weighted by Gasteiger charge is -2.52. The zero-order valence-electron chi connectivity index (χ0n) is 17.2. The highest BCUT2D eigenvalue weighted by atomic mass is 16.5. The first-order chi connectivity index (χ1) is 13.3. The summed E-state index contributed by atoms with van der Waals surface area (Å²) in [4.78, 5) is 5.55. The van der Waals surface area contributed by atoms with Gasteiger partial charge in [0.25, 0.3) is 0 Å². The molecule has 2 unspecified atom stereocenters. The van der Waals surface area contributed by atoms with Crippen molar-refractivity contribution in [1.29, 1.82) is 0 Å². The maximum Gasteiger partial charge on any atom is 0.161 e. The SMILES string of the molecule is CCOc1ccc(CN2CC3CCCC(C2)C3N2CCCCC2)cc1OC. The third-order valence-electron chi connectivity index (χ3n) is 6.85. The molecule has 4 nitrogen and oxygen atoms in total. The molecule has 1 aromatic carbocycles. The second-order valence-electron chi connectivity index (χ2n) is 8.65. The fraction of sp³-hybridized carbons (Fsp3) is 0.739. The minimum atomic E-state index is 0.670. The number of hydrogen-bond acceptors (Lipinski definition) is 4. The van der Waals surface area contributed by atoms with Crippen LogP contribution in [0.2, 0.25) is 0 Å². The van der Waals surface area contributed by atoms with Crippen LogP contribution in [0.1, 0.15) is 51.0 Å². The van der Waals surface area contributed by atoms with E-state index in [4.69, 9.17) is 9.47 Å². The van der Waals surface area contributed by atoms with Crippen LogP contribution in [0.15, 0.2) is 18.2 Å². The zero-order valence-corrected chi connectivity index (χ0v) is 17.2. The minimum absolute atomic E-state index is 0.670. The summed E-state index contributed by atoms with van der Waals surface area (Å²) < 4.78 is 11.2. The molecule has 1 aliphatic carbocycles. The highest BCUT2D eigenvalue weighted by Crippen LogP contribution is 2.39. The fourth-order valence-electron chi connectivity index (χ4n) is 5.79. The van der Waals surface area contributed by atoms with Crippen molar-refractivity contribution in [2.75, 3.05) is 39.9 Å². The molecule has 1 saturated carbocycles. The van der Waals surface area contributed by atoms with Crippen LogP contribution in [0.3, 0.4) is 0 Å². The van der Waals surface area contributed by atoms with Crippen molar-refractivity contribution in [2.24, 2.45) is 11.8 Å². The van der Waals surface area contributed by atoms with E-state index in [-0.39, 0.29) is 0 Å². The largest absolute Gasteiger partial charge is 0.493 e. The van der Waals surface area contributed by atoms with Crippen LogP contribution < -0.4 is 9.47 Å². The van der Waals surface area contributed by atoms with Gasteiger partial charge in [-0.25, -0.2) is 0 Å². The van der Waals surface area contributed by atoms with E-state index in [0.717, 1.165) is 35.9 Å². The average Bonchev–Trinajstić information content (AvgIpc) is 2.69. The summed E-state index contributed by atoms with van der Waals surface area (Å²) >= 11 is 0. The molecule has 0 amide bonds. The molecular weight excluding hydrogens is 336 g/mol. The van der Waals surface area contributed by atoms with Gasteiger partial charge in [0.15, 0.2) is 11.5 Å². The van der Waals surface area contributed by atoms with Gasteiger partial charge in [0.05, 0.1) is 13.7 Å². The Balaban J connectivity index is 1.43. The summed E-state index contributed by atoms with van der Waals surface area (Å²) in [5.41, 5.74) is 1.34. The summed E-state index contributed by atoms with van der Waals surface area (Å²) in [5.74, 6) is 3.43. The molecule has 2 atom stereocenters. The van der Waals surface area contributed by atoms with Crippen LogP contribution >= 0.6 is 0 Å². The Morgan fingerprint density at radius 3 is 2.37 bits per heavy atom. The Bertz CT molecular complexity index is 600. The fourth-order valence-corrected chi connectivity index (χ4v) is 5.79. The van der Waals surface area contributed by atoms with E-state index >= 15 is 0 Å². The predicted molar refractivity (Wildman–Crippen MR) is 109 cm³/mol. The van der Waals surface area contributed by atoms with Gasteiger partial charge in [0.1, 0.15) is 0 Å². The maximum absolute atomic E-state index is 5.67. The van der Waals surface area contributed by atoms with Crippen LogP contribution in [-0.2, 0) is 6.54 Å². The summed E-state index contributed by atoms with van der Waals surface area (Å²) in [6.45, 7) is 8.91. The topological polar surface area (TPSA) is 24.9 Å². The molecule has 1 aromatic rings. The van der Waals surface area contributed by atoms with Crippen LogP contribution in [-0.4, -0.2) is 55.7 Å². The molecule has 27 heavy (non-hydrogen) atoms. The molecule has 150 valence electrons. The van der Waals surface area contributed by atoms with Crippen molar-refractivity contribution in [3.05, 3.63) is 23.8 Å². The molecule has 2 saturated heterocycles. The number of rotatable bonds is 6. The highest BCUT2D eigenvalue weighted by Gasteiger charge is 2.42. The molecule has 3 aliphatic rings. The number of hydrogen-bond donors (Lipinski definition) is 0. The van der Waals surface area contributed by atoms with Crippen molar-refractivity contribution in [3.8, 4) is 11.5 Å². The number of fused-ring (bicyclic) bond motifs is 2. The summed E-state index contributed by atoms with van der Waals surface area (Å²) in [7, 11) is 1.73. The number of likely N-dealkylation sites (tertiary alicyclic amines) is 2. The first kappa shape index (κ1) is 19.1. The van der Waals surface area contributed by atoms with Crippen LogP contribution in [0.4, 0.5) is 0 Å². The van der Waals surface area contributed by atoms with Crippen molar-refractivity contribution in [1.82, 2.24) is 9.80 Å². The van der Waals surface area contributed by atoms with Gasteiger partial charge in [0, 0.05) is 25.7 Å². The van der Waals surface area contributed by atoms with Crippen LogP contribution in [0.5, 0.6) is 11.5 Å². The number of piperidine rings is 2. The Morgan fingerprint density at radius 2 is 1.70 bits per heavy atom. The van der Waals surface area contributed by atoms with Gasteiger partial charge in [0.2, 0.25) is 0 Å². The first-order valence-electron chi connectivity index (χ1n) is 11.0. The minimum Gasteiger partial charge on any atom is -0.493 e. The smallest absolute Gasteiger partial charge is 0.161 e. The normalized spacial score (nSPS) is 29.5. The van der Waals surface area contributed by atoms with E-state index in [1.54, 1.807) is 7.11 Å². The average molecular weight is 373 g/mol. The Labute approximate surface area is 164 Å². The lowest BCUT2D eigenvalue weighted by molar-refractivity contribution is -0.0290. The van der Waals surface area contributed by atoms with E-state index in [0.29, 0.717) is 6.61 Å². The number of ether oxygens (including phenoxy) is 2. The van der Waals surface area contributed by atoms with E-state index < -0.39 is 0 Å². The number of benzene rings is 1. The molecule has 4 rings (SSSR count). The second kappa shape index (κ2) is 8.83. The van der Waals surface area contributed by atoms with Gasteiger partial charge in [-0.3, -0.25) is 9.80 Å². The van der Waals surface area contributed by atoms with Crippen molar-refractivity contribution in [2.45, 2.75) is 58.0 Å². The zero-order chi connectivity index (χ0) is 18.6. The van der Waals surface area contributed by atoms with Crippen molar-refractivity contribution < 1.29 is 9.47 Å². The second-order valence-corrected chi connectivity index (χ2v) is 8.65. The van der Waals surface area contributed by atoms with E-state index in [9.17, 15) is 0 Å². The van der Waals surface area contributed by atoms with E-state index in [2.05, 4.69) is 28.0 Å². The summed E-state index contributed by atoms with van der Waals surface area (Å²) in [5, 5.41) is 0. The van der Waals surface area contributed by atoms with Crippen LogP contribution in [0, 0.1) is 11.8 Å². The van der Waals surface area contributed by atoms with Gasteiger partial charge in [-0.1, -0.05) is 18.9 Å². The summed E-state index contributed by atoms with van der Waals surface area (Å²) in [6, 6.07) is 7.29. The lowest BCUT2D eigenvalue weighted by atomic mass is 9.72. The predicted octanol–water partition coefficient (Wildman–Crippen LogP) is 4.18. The highest BCUT2D eigenvalue weighted by molar-refractivity contribution is 5.43. The van der Waals surface area contributed by atoms with Gasteiger partial charge < -0.3 is 9.47 Å². The van der Waals surface area contributed by atoms with Crippen LogP contribution in [0.25, 0.3) is 0 Å². The summed E-state index contributed by atoms with van der Waals surface area (Å²) in [6.07, 6.45) is 8.52. The quantitative estimate of drug-likeness (QED) is 0.748. The van der Waals surface area contributed by atoms with Gasteiger partial charge >= 0.3 is 0 Å². The van der Waals surface area contributed by atoms with Crippen molar-refractivity contribution in [3.63, 3.8) is 0 Å². The molecular formula is C23H36N2O2. The number of nitrogens with zero attached hydrogens (tertiary/aromatic N) is 2. The number of methoxy groups -OCH3 is 1. The Hall–Kier alpha value is -1.26. The molecule has 4 heteroatoms. The monoisotopic (exact) mass is 372 g/mol. The molecule has 3 fully saturated rings. The van der Waals surface area contributed by atoms with Gasteiger partial charge in [-0.05, 0) is 75.2 Å². The molecule has 2 heterocycles. The van der Waals surface area contributed by atoms with E-state index in [1.165, 1.54) is 70.3 Å². The lowest BCUT2D eigenvalue weighted by Crippen LogP contribution is -2.58. The van der Waals surface area contributed by atoms with Gasteiger partial charge in [-0.2, -0.15) is 0 Å². The third-order valence-corrected chi connectivity index (χ3v) is 6.85.